The SMILES string of the molecule is CC(=O)NCCN(CCOCC(=O)[O-])CC(=O)[O-]. The van der Waals surface area contributed by atoms with Gasteiger partial charge in [-0.05, 0) is 0 Å². The fourth-order valence-electron chi connectivity index (χ4n) is 1.19. The Balaban J connectivity index is 3.87. The molecule has 0 spiro atoms. The number of nitrogens with one attached hydrogen (secondary N) is 1. The topological polar surface area (TPSA) is 122 Å². The van der Waals surface area contributed by atoms with Crippen molar-refractivity contribution < 1.29 is 29.3 Å². The van der Waals surface area contributed by atoms with E-state index in [1.807, 2.05) is 0 Å². The number of carbonyl (C=O) groups is 3. The number of nitrogens with zero attached hydrogens (tertiary/aromatic N) is 1. The molecule has 0 saturated heterocycles. The molecule has 104 valence electrons. The molecular formula is C10H16N2O6-2. The van der Waals surface area contributed by atoms with Gasteiger partial charge in [0.2, 0.25) is 5.91 Å². The number of aliphatic carboxylic acids is 2. The first kappa shape index (κ1) is 16.3. The molecule has 0 aromatic heterocycles. The molecule has 0 fully saturated rings. The number of amides is 1. The Morgan fingerprint density at radius 2 is 1.83 bits per heavy atom. The zero-order valence-electron chi connectivity index (χ0n) is 10.1. The molecular weight excluding hydrogens is 244 g/mol. The van der Waals surface area contributed by atoms with Crippen LogP contribution < -0.4 is 15.5 Å². The van der Waals surface area contributed by atoms with Crippen LogP contribution in [0.1, 0.15) is 6.92 Å². The molecule has 8 heteroatoms. The monoisotopic (exact) mass is 260 g/mol. The van der Waals surface area contributed by atoms with E-state index >= 15 is 0 Å². The minimum absolute atomic E-state index is 0.0569. The van der Waals surface area contributed by atoms with Crippen molar-refractivity contribution >= 4 is 17.8 Å². The van der Waals surface area contributed by atoms with E-state index in [0.29, 0.717) is 13.1 Å². The smallest absolute Gasteiger partial charge is 0.216 e. The van der Waals surface area contributed by atoms with Crippen molar-refractivity contribution in [1.82, 2.24) is 10.2 Å². The highest BCUT2D eigenvalue weighted by molar-refractivity contribution is 5.72. The molecule has 0 aromatic rings. The molecule has 0 aliphatic heterocycles. The van der Waals surface area contributed by atoms with Crippen molar-refractivity contribution in [3.63, 3.8) is 0 Å². The molecule has 0 rings (SSSR count). The van der Waals surface area contributed by atoms with Crippen LogP contribution in [0.5, 0.6) is 0 Å². The minimum atomic E-state index is -1.33. The molecule has 1 amide bonds. The summed E-state index contributed by atoms with van der Waals surface area (Å²) in [6.07, 6.45) is 0. The average molecular weight is 260 g/mol. The molecule has 0 heterocycles. The molecule has 0 saturated carbocycles. The highest BCUT2D eigenvalue weighted by Gasteiger charge is 2.05. The van der Waals surface area contributed by atoms with Gasteiger partial charge >= 0.3 is 0 Å². The Morgan fingerprint density at radius 3 is 2.33 bits per heavy atom. The first-order valence-corrected chi connectivity index (χ1v) is 5.36. The minimum Gasteiger partial charge on any atom is -0.549 e. The Morgan fingerprint density at radius 1 is 1.17 bits per heavy atom. The molecule has 1 N–H and O–H groups in total. The van der Waals surface area contributed by atoms with E-state index in [-0.39, 0.29) is 25.6 Å². The summed E-state index contributed by atoms with van der Waals surface area (Å²) in [6.45, 7) is 1.39. The average Bonchev–Trinajstić information content (AvgIpc) is 2.22. The predicted octanol–water partition coefficient (Wildman–Crippen LogP) is -4.06. The van der Waals surface area contributed by atoms with E-state index in [2.05, 4.69) is 5.32 Å². The molecule has 0 aliphatic carbocycles. The van der Waals surface area contributed by atoms with Gasteiger partial charge in [0.1, 0.15) is 0 Å². The molecule has 8 nitrogen and oxygen atoms in total. The lowest BCUT2D eigenvalue weighted by molar-refractivity contribution is -0.310. The quantitative estimate of drug-likeness (QED) is 0.396. The van der Waals surface area contributed by atoms with E-state index in [0.717, 1.165) is 0 Å². The maximum Gasteiger partial charge on any atom is 0.216 e. The predicted molar refractivity (Wildman–Crippen MR) is 56.0 cm³/mol. The van der Waals surface area contributed by atoms with Crippen LogP contribution in [0, 0.1) is 0 Å². The van der Waals surface area contributed by atoms with Crippen LogP contribution >= 0.6 is 0 Å². The summed E-state index contributed by atoms with van der Waals surface area (Å²) < 4.78 is 4.73. The number of rotatable bonds is 10. The van der Waals surface area contributed by atoms with Crippen LogP contribution in [-0.2, 0) is 19.1 Å². The maximum atomic E-state index is 10.6. The number of carboxylic acid groups (broad SMARTS) is 2. The standard InChI is InChI=1S/C10H18N2O6/c1-8(13)11-2-3-12(6-9(14)15)4-5-18-7-10(16)17/h2-7H2,1H3,(H,11,13)(H,14,15)(H,16,17)/p-2. The number of ether oxygens (including phenoxy) is 1. The molecule has 0 aromatic carbocycles. The van der Waals surface area contributed by atoms with E-state index in [1.165, 1.54) is 11.8 Å². The second-order valence-electron chi connectivity index (χ2n) is 3.56. The van der Waals surface area contributed by atoms with Crippen LogP contribution in [0.2, 0.25) is 0 Å². The Bertz CT molecular complexity index is 294. The van der Waals surface area contributed by atoms with Crippen LogP contribution in [0.4, 0.5) is 0 Å². The number of hydrogen-bond donors (Lipinski definition) is 1. The van der Waals surface area contributed by atoms with Gasteiger partial charge in [-0.3, -0.25) is 9.69 Å². The third-order valence-electron chi connectivity index (χ3n) is 1.93. The van der Waals surface area contributed by atoms with Gasteiger partial charge in [-0.2, -0.15) is 0 Å². The van der Waals surface area contributed by atoms with Crippen LogP contribution in [0.25, 0.3) is 0 Å². The van der Waals surface area contributed by atoms with E-state index in [4.69, 9.17) is 4.74 Å². The van der Waals surface area contributed by atoms with Gasteiger partial charge in [-0.1, -0.05) is 0 Å². The summed E-state index contributed by atoms with van der Waals surface area (Å²) in [4.78, 5) is 32.6. The fourth-order valence-corrected chi connectivity index (χ4v) is 1.19. The summed E-state index contributed by atoms with van der Waals surface area (Å²) in [5.41, 5.74) is 0. The van der Waals surface area contributed by atoms with Gasteiger partial charge in [-0.15, -0.1) is 0 Å². The zero-order valence-corrected chi connectivity index (χ0v) is 10.1. The van der Waals surface area contributed by atoms with Crippen molar-refractivity contribution in [2.45, 2.75) is 6.92 Å². The fraction of sp³-hybridized carbons (Fsp3) is 0.700. The number of carbonyl (C=O) groups excluding carboxylic acids is 3. The van der Waals surface area contributed by atoms with Crippen molar-refractivity contribution in [3.8, 4) is 0 Å². The summed E-state index contributed by atoms with van der Waals surface area (Å²) >= 11 is 0. The first-order chi connectivity index (χ1) is 8.41. The largest absolute Gasteiger partial charge is 0.549 e. The lowest BCUT2D eigenvalue weighted by Crippen LogP contribution is -2.43. The highest BCUT2D eigenvalue weighted by atomic mass is 16.5. The van der Waals surface area contributed by atoms with Crippen molar-refractivity contribution in [2.24, 2.45) is 0 Å². The third-order valence-corrected chi connectivity index (χ3v) is 1.93. The lowest BCUT2D eigenvalue weighted by Gasteiger charge is -2.22. The van der Waals surface area contributed by atoms with Crippen molar-refractivity contribution in [1.29, 1.82) is 0 Å². The van der Waals surface area contributed by atoms with E-state index in [9.17, 15) is 24.6 Å². The van der Waals surface area contributed by atoms with Crippen LogP contribution in [-0.4, -0.2) is 62.1 Å². The normalized spacial score (nSPS) is 10.3. The second-order valence-corrected chi connectivity index (χ2v) is 3.56. The van der Waals surface area contributed by atoms with E-state index in [1.54, 1.807) is 0 Å². The van der Waals surface area contributed by atoms with Crippen molar-refractivity contribution in [2.75, 3.05) is 39.4 Å². The van der Waals surface area contributed by atoms with Gasteiger partial charge in [0.15, 0.2) is 0 Å². The molecule has 0 unspecified atom stereocenters. The van der Waals surface area contributed by atoms with Crippen LogP contribution in [0.15, 0.2) is 0 Å². The zero-order chi connectivity index (χ0) is 14.0. The van der Waals surface area contributed by atoms with Gasteiger partial charge in [0.05, 0.1) is 25.2 Å². The Labute approximate surface area is 105 Å². The first-order valence-electron chi connectivity index (χ1n) is 5.36. The lowest BCUT2D eigenvalue weighted by atomic mass is 10.4. The van der Waals surface area contributed by atoms with Gasteiger partial charge in [0.25, 0.3) is 0 Å². The molecule has 0 aliphatic rings. The summed E-state index contributed by atoms with van der Waals surface area (Å²) in [6, 6.07) is 0. The molecule has 0 bridgehead atoms. The second kappa shape index (κ2) is 9.37. The highest BCUT2D eigenvalue weighted by Crippen LogP contribution is 1.88. The Kier molecular flexibility index (Phi) is 8.50. The van der Waals surface area contributed by atoms with E-state index < -0.39 is 18.5 Å². The van der Waals surface area contributed by atoms with Gasteiger partial charge in [-0.25, -0.2) is 0 Å². The molecule has 0 atom stereocenters. The maximum absolute atomic E-state index is 10.6. The molecule has 18 heavy (non-hydrogen) atoms. The third kappa shape index (κ3) is 10.8. The van der Waals surface area contributed by atoms with Crippen molar-refractivity contribution in [3.05, 3.63) is 0 Å². The number of hydrogen-bond acceptors (Lipinski definition) is 7. The summed E-state index contributed by atoms with van der Waals surface area (Å²) in [7, 11) is 0. The summed E-state index contributed by atoms with van der Waals surface area (Å²) in [5.74, 6) is -2.80. The van der Waals surface area contributed by atoms with Gasteiger partial charge in [0, 0.05) is 33.1 Å². The van der Waals surface area contributed by atoms with Crippen LogP contribution in [0.3, 0.4) is 0 Å². The Hall–Kier alpha value is -1.67. The molecule has 0 radical (unpaired) electrons. The number of carboxylic acids is 2. The van der Waals surface area contributed by atoms with Gasteiger partial charge < -0.3 is 29.9 Å². The summed E-state index contributed by atoms with van der Waals surface area (Å²) in [5, 5.41) is 23.0.